The molecule has 0 bridgehead atoms. The second-order valence-electron chi connectivity index (χ2n) is 39.1. The number of fused-ring (bicyclic) bond motifs is 8. The largest absolute Gasteiger partial charge is 0.310 e. The van der Waals surface area contributed by atoms with Crippen LogP contribution >= 0.6 is 0 Å². The topological polar surface area (TPSA) is 13.0 Å². The number of hydrogen-bond acceptors (Lipinski definition) is 4. The van der Waals surface area contributed by atoms with Crippen molar-refractivity contribution >= 4 is 115 Å². The van der Waals surface area contributed by atoms with Gasteiger partial charge in [0.1, 0.15) is 0 Å². The number of benzene rings is 20. The molecule has 0 radical (unpaired) electrons. The van der Waals surface area contributed by atoms with E-state index in [0.717, 1.165) is 157 Å². The van der Waals surface area contributed by atoms with Crippen molar-refractivity contribution in [2.45, 2.75) is 83.1 Å². The molecule has 0 fully saturated rings. The van der Waals surface area contributed by atoms with Crippen LogP contribution in [0.5, 0.6) is 0 Å². The fraction of sp³-hybridized carbons (Fsp3) is 0.0857. The minimum Gasteiger partial charge on any atom is -0.310 e. The molecule has 4 nitrogen and oxygen atoms in total. The Labute approximate surface area is 850 Å². The lowest BCUT2D eigenvalue weighted by molar-refractivity contribution is 1.26. The summed E-state index contributed by atoms with van der Waals surface area (Å²) < 4.78 is 0. The molecule has 0 aromatic heterocycles. The van der Waals surface area contributed by atoms with Crippen molar-refractivity contribution in [2.24, 2.45) is 0 Å². The van der Waals surface area contributed by atoms with Crippen LogP contribution in [0.25, 0.3) is 91.1 Å². The van der Waals surface area contributed by atoms with Crippen molar-refractivity contribution in [2.75, 3.05) is 19.6 Å². The monoisotopic (exact) mass is 1850 g/mol. The number of rotatable bonds is 24. The van der Waals surface area contributed by atoms with Crippen molar-refractivity contribution in [3.05, 3.63) is 595 Å². The van der Waals surface area contributed by atoms with Gasteiger partial charge in [0.15, 0.2) is 0 Å². The molecule has 1 aliphatic rings. The summed E-state index contributed by atoms with van der Waals surface area (Å²) >= 11 is 0. The van der Waals surface area contributed by atoms with Crippen LogP contribution in [0.4, 0.5) is 68.2 Å². The number of nitrogens with zero attached hydrogens (tertiary/aromatic N) is 4. The van der Waals surface area contributed by atoms with Crippen molar-refractivity contribution in [3.8, 4) is 44.5 Å². The lowest BCUT2D eigenvalue weighted by Gasteiger charge is -2.32. The molecule has 0 aliphatic heterocycles. The van der Waals surface area contributed by atoms with E-state index < -0.39 is 0 Å². The minimum absolute atomic E-state index is 1.01. The van der Waals surface area contributed by atoms with Gasteiger partial charge in [0.2, 0.25) is 0 Å². The molecule has 1 aliphatic carbocycles. The molecule has 696 valence electrons. The Kier molecular flexibility index (Phi) is 26.3. The molecule has 0 N–H and O–H groups in total. The highest BCUT2D eigenvalue weighted by Gasteiger charge is 2.30. The molecular weight excluding hydrogens is 1740 g/mol. The first kappa shape index (κ1) is 92.9. The molecule has 20 aromatic carbocycles. The van der Waals surface area contributed by atoms with Crippen LogP contribution < -0.4 is 19.6 Å². The van der Waals surface area contributed by atoms with Crippen LogP contribution in [0.15, 0.2) is 461 Å². The Morgan fingerprint density at radius 3 is 0.361 bits per heavy atom. The lowest BCUT2D eigenvalue weighted by atomic mass is 9.80. The van der Waals surface area contributed by atoms with Gasteiger partial charge < -0.3 is 19.6 Å². The zero-order valence-electron chi connectivity index (χ0n) is 84.0. The van der Waals surface area contributed by atoms with Crippen LogP contribution in [0.1, 0.15) is 134 Å². The lowest BCUT2D eigenvalue weighted by Crippen LogP contribution is -2.12. The highest BCUT2D eigenvalue weighted by Crippen LogP contribution is 2.55. The van der Waals surface area contributed by atoms with Crippen molar-refractivity contribution in [1.29, 1.82) is 0 Å². The molecule has 0 saturated carbocycles. The van der Waals surface area contributed by atoms with E-state index in [2.05, 4.69) is 588 Å². The number of hydrogen-bond donors (Lipinski definition) is 0. The first-order valence-corrected chi connectivity index (χ1v) is 50.1. The third-order valence-corrected chi connectivity index (χ3v) is 28.1. The maximum atomic E-state index is 2.48. The molecule has 4 heteroatoms. The third kappa shape index (κ3) is 20.2. The highest BCUT2D eigenvalue weighted by molar-refractivity contribution is 6.08. The van der Waals surface area contributed by atoms with E-state index in [1.165, 1.54) is 111 Å². The molecule has 0 spiro atoms. The summed E-state index contributed by atoms with van der Waals surface area (Å²) in [6, 6.07) is 173. The predicted molar refractivity (Wildman–Crippen MR) is 617 cm³/mol. The van der Waals surface area contributed by atoms with E-state index >= 15 is 0 Å². The Bertz CT molecular complexity index is 6970. The molecule has 21 rings (SSSR count). The average molecular weight is 1850 g/mol. The van der Waals surface area contributed by atoms with Gasteiger partial charge >= 0.3 is 0 Å². The fourth-order valence-electron chi connectivity index (χ4n) is 19.8. The van der Waals surface area contributed by atoms with E-state index in [1.807, 2.05) is 0 Å². The van der Waals surface area contributed by atoms with E-state index in [1.54, 1.807) is 0 Å². The molecular formula is C140H116N4. The van der Waals surface area contributed by atoms with Gasteiger partial charge in [0.25, 0.3) is 0 Å². The summed E-state index contributed by atoms with van der Waals surface area (Å²) in [5.41, 5.74) is 53.9. The predicted octanol–water partition coefficient (Wildman–Crippen LogP) is 38.6. The molecule has 20 aromatic rings. The zero-order valence-corrected chi connectivity index (χ0v) is 84.0. The molecule has 0 unspecified atom stereocenters. The van der Waals surface area contributed by atoms with Gasteiger partial charge in [0.05, 0.1) is 0 Å². The van der Waals surface area contributed by atoms with Crippen LogP contribution in [0.2, 0.25) is 0 Å². The second kappa shape index (κ2) is 40.8. The van der Waals surface area contributed by atoms with Gasteiger partial charge in [-0.05, 0) is 387 Å². The number of anilines is 12. The Balaban J connectivity index is 0.794. The molecule has 0 heterocycles. The zero-order chi connectivity index (χ0) is 98.6. The maximum Gasteiger partial charge on any atom is 0.0468 e. The Hall–Kier alpha value is -17.4. The molecule has 0 amide bonds. The Morgan fingerprint density at radius 2 is 0.229 bits per heavy atom. The van der Waals surface area contributed by atoms with Crippen LogP contribution in [-0.4, -0.2) is 0 Å². The SMILES string of the molecule is Cc1ccc(C(=Cc2ccc(N(c3ccc(C)cc3)c3ccc4c(c3)-c3ccc(N(c5ccc(C)cc5)c5ccc(C=C(c6ccc(C)cc6)c6ccc(C)cc6)cc5)cc3-c3ccc(N(c5ccc(C)cc5)c5ccc(C=C(c6ccc(C)cc6)c6ccc(C)cc6)cc5)cc3-c3ccc(N(c5ccc(C)cc5)c5ccc(C=C(c6ccc(C)cc6)c6ccc(C)cc6)cc5)cc3-4)cc2)c2ccc(C)cc2)cc1. The normalized spacial score (nSPS) is 11.2. The van der Waals surface area contributed by atoms with Crippen molar-refractivity contribution < 1.29 is 0 Å². The van der Waals surface area contributed by atoms with Crippen LogP contribution in [0.3, 0.4) is 0 Å². The second-order valence-corrected chi connectivity index (χ2v) is 39.1. The highest BCUT2D eigenvalue weighted by atomic mass is 15.2. The molecule has 144 heavy (non-hydrogen) atoms. The van der Waals surface area contributed by atoms with E-state index in [9.17, 15) is 0 Å². The van der Waals surface area contributed by atoms with Gasteiger partial charge in [0, 0.05) is 68.2 Å². The van der Waals surface area contributed by atoms with Gasteiger partial charge in [-0.25, -0.2) is 0 Å². The van der Waals surface area contributed by atoms with Crippen LogP contribution in [-0.2, 0) is 0 Å². The quantitative estimate of drug-likeness (QED) is 0.0559. The minimum atomic E-state index is 1.01. The van der Waals surface area contributed by atoms with Gasteiger partial charge in [-0.3, -0.25) is 0 Å². The van der Waals surface area contributed by atoms with E-state index in [0.29, 0.717) is 0 Å². The summed E-state index contributed by atoms with van der Waals surface area (Å²) in [6.45, 7) is 25.9. The summed E-state index contributed by atoms with van der Waals surface area (Å²) in [7, 11) is 0. The van der Waals surface area contributed by atoms with Gasteiger partial charge in [-0.1, -0.05) is 382 Å². The third-order valence-electron chi connectivity index (χ3n) is 28.1. The molecule has 0 atom stereocenters. The standard InChI is InChI=1S/C140H116N4/c1-93-13-45-109(46-14-93)133(110-47-15-94(2)16-48-110)85-105-37-69-121(70-38-105)141(117-61-29-101(9)30-62-117)125-77-81-129-137(89-125)130-82-78-126(142(118-63-31-102(10)32-64-118)122-71-39-106(40-72-122)86-134(111-49-17-95(3)18-50-111)112-51-19-96(4)20-52-112)91-139(130)132-84-80-128(144(120-67-35-104(12)36-68-120)124-75-43-108(44-76-124)88-136(115-57-25-99(7)26-58-115)116-59-27-100(8)28-60-116)92-140(132)131-83-79-127(90-138(129)131)143(119-65-33-103(11)34-66-119)123-73-41-107(42-74-123)87-135(113-53-21-97(5)22-54-113)114-55-23-98(6)24-56-114/h13-92H,1-12H3. The van der Waals surface area contributed by atoms with Crippen molar-refractivity contribution in [1.82, 2.24) is 0 Å². The summed E-state index contributed by atoms with van der Waals surface area (Å²) in [6.07, 6.45) is 9.37. The van der Waals surface area contributed by atoms with Crippen LogP contribution in [0, 0.1) is 83.1 Å². The first-order valence-electron chi connectivity index (χ1n) is 50.1. The van der Waals surface area contributed by atoms with E-state index in [4.69, 9.17) is 0 Å². The van der Waals surface area contributed by atoms with Gasteiger partial charge in [-0.2, -0.15) is 0 Å². The summed E-state index contributed by atoms with van der Waals surface area (Å²) in [5, 5.41) is 0. The summed E-state index contributed by atoms with van der Waals surface area (Å²) in [5.74, 6) is 0. The fourth-order valence-corrected chi connectivity index (χ4v) is 19.8. The van der Waals surface area contributed by atoms with Gasteiger partial charge in [-0.15, -0.1) is 0 Å². The van der Waals surface area contributed by atoms with E-state index in [-0.39, 0.29) is 0 Å². The molecule has 0 saturated heterocycles. The Morgan fingerprint density at radius 1 is 0.118 bits per heavy atom. The average Bonchev–Trinajstić information content (AvgIpc) is 0.724. The van der Waals surface area contributed by atoms with Crippen molar-refractivity contribution in [3.63, 3.8) is 0 Å². The first-order chi connectivity index (χ1) is 70.2. The smallest absolute Gasteiger partial charge is 0.0468 e. The number of aryl methyl sites for hydroxylation is 12. The maximum absolute atomic E-state index is 2.48. The summed E-state index contributed by atoms with van der Waals surface area (Å²) in [4.78, 5) is 9.77.